The van der Waals surface area contributed by atoms with E-state index in [4.69, 9.17) is 0 Å². The summed E-state index contributed by atoms with van der Waals surface area (Å²) in [5.41, 5.74) is 1.79. The average molecular weight is 255 g/mol. The van der Waals surface area contributed by atoms with E-state index in [1.807, 2.05) is 0 Å². The lowest BCUT2D eigenvalue weighted by Crippen LogP contribution is -2.19. The quantitative estimate of drug-likeness (QED) is 0.626. The molecule has 0 fully saturated rings. The van der Waals surface area contributed by atoms with Gasteiger partial charge in [-0.05, 0) is 12.8 Å². The zero-order valence-electron chi connectivity index (χ0n) is 11.1. The van der Waals surface area contributed by atoms with Crippen molar-refractivity contribution in [2.24, 2.45) is 0 Å². The Morgan fingerprint density at radius 2 is 1.76 bits per heavy atom. The summed E-state index contributed by atoms with van der Waals surface area (Å²) in [5.74, 6) is 0. The van der Waals surface area contributed by atoms with Gasteiger partial charge in [0.15, 0.2) is 0 Å². The standard InChI is InChI=1S/C13H25N3S/c1-3-5-7-9-12(10-8-6-4-2)15-13-16-14-11-17-13/h11-12H,3-10H2,1-2H3,(H,15,16). The Labute approximate surface area is 109 Å². The van der Waals surface area contributed by atoms with Crippen molar-refractivity contribution in [3.63, 3.8) is 0 Å². The molecule has 0 saturated heterocycles. The predicted octanol–water partition coefficient (Wildman–Crippen LogP) is 4.48. The van der Waals surface area contributed by atoms with Gasteiger partial charge in [0, 0.05) is 6.04 Å². The summed E-state index contributed by atoms with van der Waals surface area (Å²) < 4.78 is 0. The van der Waals surface area contributed by atoms with Crippen LogP contribution >= 0.6 is 11.3 Å². The molecule has 0 saturated carbocycles. The van der Waals surface area contributed by atoms with Gasteiger partial charge >= 0.3 is 0 Å². The largest absolute Gasteiger partial charge is 0.357 e. The number of hydrogen-bond donors (Lipinski definition) is 1. The summed E-state index contributed by atoms with van der Waals surface area (Å²) in [5, 5.41) is 12.4. The highest BCUT2D eigenvalue weighted by atomic mass is 32.1. The van der Waals surface area contributed by atoms with E-state index in [0.29, 0.717) is 6.04 Å². The van der Waals surface area contributed by atoms with Crippen molar-refractivity contribution in [1.82, 2.24) is 10.2 Å². The number of rotatable bonds is 10. The number of unbranched alkanes of at least 4 members (excludes halogenated alkanes) is 4. The molecule has 1 N–H and O–H groups in total. The maximum Gasteiger partial charge on any atom is 0.205 e. The van der Waals surface area contributed by atoms with Gasteiger partial charge in [-0.3, -0.25) is 0 Å². The molecule has 4 heteroatoms. The molecule has 0 bridgehead atoms. The van der Waals surface area contributed by atoms with Gasteiger partial charge < -0.3 is 5.32 Å². The summed E-state index contributed by atoms with van der Waals surface area (Å²) in [6, 6.07) is 0.584. The van der Waals surface area contributed by atoms with Crippen LogP contribution < -0.4 is 5.32 Å². The highest BCUT2D eigenvalue weighted by Crippen LogP contribution is 2.17. The number of hydrogen-bond acceptors (Lipinski definition) is 4. The first-order valence-electron chi connectivity index (χ1n) is 6.89. The predicted molar refractivity (Wildman–Crippen MR) is 75.6 cm³/mol. The van der Waals surface area contributed by atoms with E-state index in [1.165, 1.54) is 51.4 Å². The lowest BCUT2D eigenvalue weighted by molar-refractivity contribution is 0.526. The Balaban J connectivity index is 2.29. The maximum atomic E-state index is 4.07. The first-order chi connectivity index (χ1) is 8.36. The Morgan fingerprint density at radius 3 is 2.24 bits per heavy atom. The minimum absolute atomic E-state index is 0.584. The molecule has 98 valence electrons. The van der Waals surface area contributed by atoms with Crippen LogP contribution in [0.1, 0.15) is 65.2 Å². The first kappa shape index (κ1) is 14.4. The molecule has 3 nitrogen and oxygen atoms in total. The minimum atomic E-state index is 0.584. The summed E-state index contributed by atoms with van der Waals surface area (Å²) in [7, 11) is 0. The van der Waals surface area contributed by atoms with Gasteiger partial charge in [-0.1, -0.05) is 63.7 Å². The fraction of sp³-hybridized carbons (Fsp3) is 0.846. The van der Waals surface area contributed by atoms with Gasteiger partial charge in [-0.25, -0.2) is 0 Å². The summed E-state index contributed by atoms with van der Waals surface area (Å²) in [6.07, 6.45) is 10.4. The van der Waals surface area contributed by atoms with Crippen molar-refractivity contribution >= 4 is 16.5 Å². The van der Waals surface area contributed by atoms with Crippen LogP contribution in [-0.2, 0) is 0 Å². The zero-order chi connectivity index (χ0) is 12.3. The van der Waals surface area contributed by atoms with Crippen molar-refractivity contribution in [3.8, 4) is 0 Å². The molecule has 0 spiro atoms. The molecule has 0 aliphatic carbocycles. The van der Waals surface area contributed by atoms with Gasteiger partial charge in [0.1, 0.15) is 5.51 Å². The number of nitrogens with one attached hydrogen (secondary N) is 1. The molecule has 1 aromatic heterocycles. The fourth-order valence-corrected chi connectivity index (χ4v) is 2.50. The summed E-state index contributed by atoms with van der Waals surface area (Å²) in [4.78, 5) is 0. The van der Waals surface area contributed by atoms with E-state index < -0.39 is 0 Å². The molecule has 0 amide bonds. The van der Waals surface area contributed by atoms with Crippen molar-refractivity contribution in [2.75, 3.05) is 5.32 Å². The Hall–Kier alpha value is -0.640. The van der Waals surface area contributed by atoms with Crippen LogP contribution in [0.5, 0.6) is 0 Å². The third-order valence-corrected chi connectivity index (χ3v) is 3.62. The SMILES string of the molecule is CCCCCC(CCCCC)Nc1nncs1. The van der Waals surface area contributed by atoms with E-state index in [0.717, 1.165) is 5.13 Å². The molecule has 0 atom stereocenters. The van der Waals surface area contributed by atoms with Gasteiger partial charge in [0.25, 0.3) is 0 Å². The monoisotopic (exact) mass is 255 g/mol. The van der Waals surface area contributed by atoms with Gasteiger partial charge in [-0.15, -0.1) is 10.2 Å². The third kappa shape index (κ3) is 6.61. The first-order valence-corrected chi connectivity index (χ1v) is 7.77. The van der Waals surface area contributed by atoms with Crippen molar-refractivity contribution in [1.29, 1.82) is 0 Å². The Bertz CT molecular complexity index is 252. The maximum absolute atomic E-state index is 4.07. The van der Waals surface area contributed by atoms with Crippen molar-refractivity contribution < 1.29 is 0 Å². The van der Waals surface area contributed by atoms with Crippen LogP contribution in [0.4, 0.5) is 5.13 Å². The molecule has 17 heavy (non-hydrogen) atoms. The molecule has 1 heterocycles. The molecule has 1 rings (SSSR count). The normalized spacial score (nSPS) is 11.0. The van der Waals surface area contributed by atoms with E-state index in [2.05, 4.69) is 29.4 Å². The third-order valence-electron chi connectivity index (χ3n) is 3.00. The van der Waals surface area contributed by atoms with Crippen LogP contribution in [0.2, 0.25) is 0 Å². The highest BCUT2D eigenvalue weighted by molar-refractivity contribution is 7.13. The second kappa shape index (κ2) is 9.40. The van der Waals surface area contributed by atoms with Crippen molar-refractivity contribution in [3.05, 3.63) is 5.51 Å². The van der Waals surface area contributed by atoms with E-state index >= 15 is 0 Å². The van der Waals surface area contributed by atoms with Crippen LogP contribution in [0, 0.1) is 0 Å². The smallest absolute Gasteiger partial charge is 0.205 e. The second-order valence-electron chi connectivity index (χ2n) is 4.58. The van der Waals surface area contributed by atoms with E-state index in [9.17, 15) is 0 Å². The minimum Gasteiger partial charge on any atom is -0.357 e. The number of aromatic nitrogens is 2. The highest BCUT2D eigenvalue weighted by Gasteiger charge is 2.09. The van der Waals surface area contributed by atoms with E-state index in [-0.39, 0.29) is 0 Å². The van der Waals surface area contributed by atoms with Crippen LogP contribution in [0.15, 0.2) is 5.51 Å². The van der Waals surface area contributed by atoms with Crippen LogP contribution in [0.25, 0.3) is 0 Å². The van der Waals surface area contributed by atoms with Gasteiger partial charge in [0.2, 0.25) is 5.13 Å². The van der Waals surface area contributed by atoms with E-state index in [1.54, 1.807) is 16.8 Å². The molecule has 1 aromatic rings. The average Bonchev–Trinajstić information content (AvgIpc) is 2.82. The topological polar surface area (TPSA) is 37.8 Å². The lowest BCUT2D eigenvalue weighted by atomic mass is 10.0. The summed E-state index contributed by atoms with van der Waals surface area (Å²) in [6.45, 7) is 4.51. The second-order valence-corrected chi connectivity index (χ2v) is 5.41. The molecular formula is C13H25N3S. The van der Waals surface area contributed by atoms with Crippen LogP contribution in [0.3, 0.4) is 0 Å². The lowest BCUT2D eigenvalue weighted by Gasteiger charge is -2.17. The van der Waals surface area contributed by atoms with Gasteiger partial charge in [0.05, 0.1) is 0 Å². The molecule has 0 unspecified atom stereocenters. The molecule has 0 aliphatic rings. The Kier molecular flexibility index (Phi) is 7.97. The molecular weight excluding hydrogens is 230 g/mol. The molecule has 0 aromatic carbocycles. The van der Waals surface area contributed by atoms with Crippen LogP contribution in [-0.4, -0.2) is 16.2 Å². The molecule has 0 aliphatic heterocycles. The van der Waals surface area contributed by atoms with Crippen molar-refractivity contribution in [2.45, 2.75) is 71.3 Å². The summed E-state index contributed by atoms with van der Waals surface area (Å²) >= 11 is 1.60. The Morgan fingerprint density at radius 1 is 1.12 bits per heavy atom. The number of anilines is 1. The van der Waals surface area contributed by atoms with Gasteiger partial charge in [-0.2, -0.15) is 0 Å². The number of nitrogens with zero attached hydrogens (tertiary/aromatic N) is 2. The fourth-order valence-electron chi connectivity index (χ4n) is 1.98. The molecule has 0 radical (unpaired) electrons. The zero-order valence-corrected chi connectivity index (χ0v) is 11.9.